The number of para-hydroxylation sites is 1. The lowest BCUT2D eigenvalue weighted by Crippen LogP contribution is -2.37. The normalized spacial score (nSPS) is 14.4. The number of hydrogen-bond donors (Lipinski definition) is 1. The summed E-state index contributed by atoms with van der Waals surface area (Å²) in [5.74, 6) is 0.447. The van der Waals surface area contributed by atoms with Crippen LogP contribution in [0.25, 0.3) is 5.57 Å². The number of nitrogens with zero attached hydrogens (tertiary/aromatic N) is 4. The van der Waals surface area contributed by atoms with Gasteiger partial charge in [-0.05, 0) is 38.0 Å². The Hall–Kier alpha value is -4.53. The van der Waals surface area contributed by atoms with Gasteiger partial charge in [-0.3, -0.25) is 4.98 Å². The molecule has 0 saturated heterocycles. The van der Waals surface area contributed by atoms with E-state index in [0.717, 1.165) is 28.1 Å². The van der Waals surface area contributed by atoms with E-state index in [1.165, 1.54) is 12.1 Å². The first kappa shape index (κ1) is 27.1. The highest BCUT2D eigenvalue weighted by Crippen LogP contribution is 2.40. The fourth-order valence-electron chi connectivity index (χ4n) is 4.87. The number of benzene rings is 2. The minimum atomic E-state index is -0.633. The molecule has 1 N–H and O–H groups in total. The maximum atomic E-state index is 15.1. The lowest BCUT2D eigenvalue weighted by atomic mass is 9.92. The van der Waals surface area contributed by atoms with Crippen LogP contribution in [0.3, 0.4) is 0 Å². The van der Waals surface area contributed by atoms with Gasteiger partial charge in [0.15, 0.2) is 17.4 Å². The van der Waals surface area contributed by atoms with Crippen molar-refractivity contribution in [1.29, 1.82) is 0 Å². The van der Waals surface area contributed by atoms with Crippen molar-refractivity contribution in [1.82, 2.24) is 15.0 Å². The van der Waals surface area contributed by atoms with Gasteiger partial charge in [-0.25, -0.2) is 18.7 Å². The van der Waals surface area contributed by atoms with Crippen molar-refractivity contribution in [3.8, 4) is 11.5 Å². The fraction of sp³-hybridized carbons (Fsp3) is 0.258. The second-order valence-electron chi connectivity index (χ2n) is 9.43. The molecule has 206 valence electrons. The molecule has 9 heteroatoms. The first-order chi connectivity index (χ1) is 19.4. The Morgan fingerprint density at radius 3 is 2.52 bits per heavy atom. The zero-order chi connectivity index (χ0) is 28.2. The molecule has 1 aliphatic rings. The van der Waals surface area contributed by atoms with Gasteiger partial charge in [0.2, 0.25) is 0 Å². The summed E-state index contributed by atoms with van der Waals surface area (Å²) in [5, 5.41) is 3.34. The molecule has 4 aromatic rings. The maximum absolute atomic E-state index is 15.1. The third kappa shape index (κ3) is 5.32. The van der Waals surface area contributed by atoms with Crippen LogP contribution >= 0.6 is 0 Å². The Balaban J connectivity index is 1.54. The van der Waals surface area contributed by atoms with Crippen molar-refractivity contribution in [2.24, 2.45) is 0 Å². The van der Waals surface area contributed by atoms with E-state index in [4.69, 9.17) is 14.5 Å². The van der Waals surface area contributed by atoms with Gasteiger partial charge in [0.25, 0.3) is 0 Å². The van der Waals surface area contributed by atoms with E-state index in [-0.39, 0.29) is 23.9 Å². The Morgan fingerprint density at radius 2 is 1.82 bits per heavy atom. The van der Waals surface area contributed by atoms with Gasteiger partial charge in [0.1, 0.15) is 17.4 Å². The van der Waals surface area contributed by atoms with Crippen molar-refractivity contribution in [2.75, 3.05) is 23.9 Å². The van der Waals surface area contributed by atoms with E-state index in [9.17, 15) is 0 Å². The quantitative estimate of drug-likeness (QED) is 0.248. The molecule has 0 amide bonds. The van der Waals surface area contributed by atoms with E-state index in [0.29, 0.717) is 30.4 Å². The molecular weight excluding hydrogens is 512 g/mol. The van der Waals surface area contributed by atoms with Gasteiger partial charge in [0.05, 0.1) is 19.9 Å². The highest BCUT2D eigenvalue weighted by atomic mass is 19.1. The Bertz CT molecular complexity index is 1540. The SMILES string of the molecule is CCOc1cc(F)c(CN2c3ccccc3C(c3ncc(OC)c(Nc4ccncc4C)n3)=CC2CC)c(F)c1. The summed E-state index contributed by atoms with van der Waals surface area (Å²) in [6.07, 6.45) is 7.89. The molecule has 3 heterocycles. The van der Waals surface area contributed by atoms with Crippen molar-refractivity contribution >= 4 is 22.8 Å². The lowest BCUT2D eigenvalue weighted by Gasteiger charge is -2.37. The summed E-state index contributed by atoms with van der Waals surface area (Å²) >= 11 is 0. The average Bonchev–Trinajstić information content (AvgIpc) is 2.96. The van der Waals surface area contributed by atoms with Gasteiger partial charge in [-0.15, -0.1) is 0 Å². The molecule has 1 aliphatic heterocycles. The van der Waals surface area contributed by atoms with E-state index >= 15 is 8.78 Å². The molecule has 5 rings (SSSR count). The van der Waals surface area contributed by atoms with E-state index in [1.54, 1.807) is 32.6 Å². The maximum Gasteiger partial charge on any atom is 0.179 e. The second-order valence-corrected chi connectivity index (χ2v) is 9.43. The van der Waals surface area contributed by atoms with Crippen LogP contribution in [-0.4, -0.2) is 34.7 Å². The monoisotopic (exact) mass is 543 g/mol. The molecule has 40 heavy (non-hydrogen) atoms. The molecule has 0 spiro atoms. The number of rotatable bonds is 9. The third-order valence-corrected chi connectivity index (χ3v) is 6.92. The number of ether oxygens (including phenoxy) is 2. The topological polar surface area (TPSA) is 72.4 Å². The number of anilines is 3. The van der Waals surface area contributed by atoms with Gasteiger partial charge in [0, 0.05) is 65.2 Å². The van der Waals surface area contributed by atoms with Crippen molar-refractivity contribution in [3.05, 3.63) is 101 Å². The highest BCUT2D eigenvalue weighted by molar-refractivity contribution is 5.88. The second kappa shape index (κ2) is 11.7. The Kier molecular flexibility index (Phi) is 7.91. The number of aryl methyl sites for hydroxylation is 1. The van der Waals surface area contributed by atoms with Gasteiger partial charge in [-0.1, -0.05) is 31.2 Å². The Morgan fingerprint density at radius 1 is 1.05 bits per heavy atom. The molecule has 1 atom stereocenters. The molecule has 0 fully saturated rings. The molecule has 2 aromatic carbocycles. The smallest absolute Gasteiger partial charge is 0.179 e. The Labute approximate surface area is 232 Å². The molecule has 2 aromatic heterocycles. The number of nitrogens with one attached hydrogen (secondary N) is 1. The van der Waals surface area contributed by atoms with Crippen LogP contribution in [0.2, 0.25) is 0 Å². The standard InChI is InChI=1S/C31H31F2N5O2/c1-5-20-13-23(30-35-17-29(39-4)31(37-30)36-27-11-12-34-16-19(27)3)22-9-7-8-10-28(22)38(20)18-24-25(32)14-21(40-6-2)15-26(24)33/h7-17,20H,5-6,18H2,1-4H3,(H,34,35,36,37). The first-order valence-corrected chi connectivity index (χ1v) is 13.2. The van der Waals surface area contributed by atoms with Crippen LogP contribution in [-0.2, 0) is 6.54 Å². The summed E-state index contributed by atoms with van der Waals surface area (Å²) in [6, 6.07) is 12.0. The predicted molar refractivity (Wildman–Crippen MR) is 152 cm³/mol. The van der Waals surface area contributed by atoms with Crippen LogP contribution in [0.1, 0.15) is 42.8 Å². The number of fused-ring (bicyclic) bond motifs is 1. The van der Waals surface area contributed by atoms with E-state index in [2.05, 4.69) is 21.4 Å². The number of aromatic nitrogens is 3. The summed E-state index contributed by atoms with van der Waals surface area (Å²) in [6.45, 7) is 6.16. The third-order valence-electron chi connectivity index (χ3n) is 6.92. The minimum absolute atomic E-state index is 0.00606. The van der Waals surface area contributed by atoms with Gasteiger partial charge >= 0.3 is 0 Å². The van der Waals surface area contributed by atoms with E-state index in [1.807, 2.05) is 49.1 Å². The molecule has 1 unspecified atom stereocenters. The minimum Gasteiger partial charge on any atom is -0.494 e. The summed E-state index contributed by atoms with van der Waals surface area (Å²) in [4.78, 5) is 15.6. The van der Waals surface area contributed by atoms with Crippen molar-refractivity contribution in [3.63, 3.8) is 0 Å². The van der Waals surface area contributed by atoms with Crippen LogP contribution in [0.5, 0.6) is 11.5 Å². The first-order valence-electron chi connectivity index (χ1n) is 13.2. The summed E-state index contributed by atoms with van der Waals surface area (Å²) in [5.41, 5.74) is 4.36. The average molecular weight is 544 g/mol. The molecule has 0 saturated carbocycles. The zero-order valence-corrected chi connectivity index (χ0v) is 22.9. The van der Waals surface area contributed by atoms with E-state index < -0.39 is 11.6 Å². The van der Waals surface area contributed by atoms with Crippen LogP contribution in [0.15, 0.2) is 67.1 Å². The van der Waals surface area contributed by atoms with Crippen molar-refractivity contribution < 1.29 is 18.3 Å². The number of halogens is 2. The summed E-state index contributed by atoms with van der Waals surface area (Å²) in [7, 11) is 1.57. The van der Waals surface area contributed by atoms with Gasteiger partial charge in [-0.2, -0.15) is 0 Å². The van der Waals surface area contributed by atoms with Crippen LogP contribution in [0.4, 0.5) is 26.0 Å². The number of pyridine rings is 1. The molecule has 0 bridgehead atoms. The van der Waals surface area contributed by atoms with Crippen LogP contribution in [0, 0.1) is 18.6 Å². The number of methoxy groups -OCH3 is 1. The zero-order valence-electron chi connectivity index (χ0n) is 22.9. The largest absolute Gasteiger partial charge is 0.494 e. The fourth-order valence-corrected chi connectivity index (χ4v) is 4.87. The molecular formula is C31H31F2N5O2. The van der Waals surface area contributed by atoms with Gasteiger partial charge < -0.3 is 19.7 Å². The number of hydrogen-bond acceptors (Lipinski definition) is 7. The highest BCUT2D eigenvalue weighted by Gasteiger charge is 2.29. The van der Waals surface area contributed by atoms with Crippen LogP contribution < -0.4 is 19.7 Å². The molecule has 7 nitrogen and oxygen atoms in total. The summed E-state index contributed by atoms with van der Waals surface area (Å²) < 4.78 is 41.0. The predicted octanol–water partition coefficient (Wildman–Crippen LogP) is 6.84. The van der Waals surface area contributed by atoms with Crippen molar-refractivity contribution in [2.45, 2.75) is 39.8 Å². The molecule has 0 aliphatic carbocycles. The molecule has 0 radical (unpaired) electrons. The lowest BCUT2D eigenvalue weighted by molar-refractivity contribution is 0.335.